The van der Waals surface area contributed by atoms with Gasteiger partial charge in [-0.15, -0.1) is 0 Å². The zero-order valence-electron chi connectivity index (χ0n) is 12.8. The average Bonchev–Trinajstić information content (AvgIpc) is 2.90. The molecule has 1 aromatic rings. The molecule has 114 valence electrons. The molecule has 5 nitrogen and oxygen atoms in total. The Kier molecular flexibility index (Phi) is 5.98. The third-order valence-electron chi connectivity index (χ3n) is 4.46. The first-order valence-electron chi connectivity index (χ1n) is 8.02. The van der Waals surface area contributed by atoms with Crippen LogP contribution in [0.1, 0.15) is 51.2 Å². The Morgan fingerprint density at radius 1 is 1.25 bits per heavy atom. The van der Waals surface area contributed by atoms with E-state index in [0.29, 0.717) is 12.0 Å². The molecule has 5 heteroatoms. The van der Waals surface area contributed by atoms with Crippen LogP contribution < -0.4 is 5.73 Å². The Balaban J connectivity index is 1.82. The van der Waals surface area contributed by atoms with Crippen LogP contribution in [0.2, 0.25) is 0 Å². The molecule has 0 aliphatic heterocycles. The van der Waals surface area contributed by atoms with E-state index in [1.807, 2.05) is 0 Å². The molecule has 1 saturated carbocycles. The van der Waals surface area contributed by atoms with Crippen LogP contribution in [0.4, 0.5) is 0 Å². The third-order valence-corrected chi connectivity index (χ3v) is 4.46. The highest BCUT2D eigenvalue weighted by molar-refractivity contribution is 4.91. The Bertz CT molecular complexity index is 389. The van der Waals surface area contributed by atoms with Crippen LogP contribution in [0.25, 0.3) is 0 Å². The molecule has 0 amide bonds. The van der Waals surface area contributed by atoms with Crippen molar-refractivity contribution in [3.8, 4) is 0 Å². The maximum atomic E-state index is 6.17. The SMILES string of the molecule is CCN(CC)CCc1noc(CC2CCCCC2N)n1. The first-order chi connectivity index (χ1) is 9.72. The minimum atomic E-state index is 0.301. The fourth-order valence-corrected chi connectivity index (χ4v) is 2.99. The first-order valence-corrected chi connectivity index (χ1v) is 8.02. The lowest BCUT2D eigenvalue weighted by atomic mass is 9.83. The molecular formula is C15H28N4O. The van der Waals surface area contributed by atoms with Gasteiger partial charge in [0.05, 0.1) is 0 Å². The molecule has 1 fully saturated rings. The lowest BCUT2D eigenvalue weighted by Crippen LogP contribution is -2.34. The number of aromatic nitrogens is 2. The van der Waals surface area contributed by atoms with Gasteiger partial charge >= 0.3 is 0 Å². The summed E-state index contributed by atoms with van der Waals surface area (Å²) in [5.74, 6) is 2.11. The molecule has 0 spiro atoms. The monoisotopic (exact) mass is 280 g/mol. The van der Waals surface area contributed by atoms with Crippen molar-refractivity contribution >= 4 is 0 Å². The zero-order valence-corrected chi connectivity index (χ0v) is 12.8. The predicted octanol–water partition coefficient (Wildman–Crippen LogP) is 2.01. The van der Waals surface area contributed by atoms with Crippen LogP contribution in [0, 0.1) is 5.92 Å². The van der Waals surface area contributed by atoms with Crippen molar-refractivity contribution in [1.82, 2.24) is 15.0 Å². The quantitative estimate of drug-likeness (QED) is 0.827. The van der Waals surface area contributed by atoms with Gasteiger partial charge in [-0.05, 0) is 31.8 Å². The number of rotatable bonds is 7. The summed E-state index contributed by atoms with van der Waals surface area (Å²) in [7, 11) is 0. The molecule has 2 N–H and O–H groups in total. The van der Waals surface area contributed by atoms with Crippen LogP contribution in [0.5, 0.6) is 0 Å². The van der Waals surface area contributed by atoms with Gasteiger partial charge in [0.2, 0.25) is 5.89 Å². The van der Waals surface area contributed by atoms with E-state index in [1.54, 1.807) is 0 Å². The van der Waals surface area contributed by atoms with Crippen LogP contribution in [-0.4, -0.2) is 40.7 Å². The van der Waals surface area contributed by atoms with Crippen molar-refractivity contribution in [2.75, 3.05) is 19.6 Å². The van der Waals surface area contributed by atoms with Gasteiger partial charge < -0.3 is 15.2 Å². The van der Waals surface area contributed by atoms with E-state index in [0.717, 1.165) is 50.6 Å². The van der Waals surface area contributed by atoms with Gasteiger partial charge in [0.1, 0.15) is 0 Å². The van der Waals surface area contributed by atoms with Crippen molar-refractivity contribution < 1.29 is 4.52 Å². The number of nitrogens with two attached hydrogens (primary N) is 1. The van der Waals surface area contributed by atoms with Gasteiger partial charge in [0.25, 0.3) is 0 Å². The fourth-order valence-electron chi connectivity index (χ4n) is 2.99. The molecule has 20 heavy (non-hydrogen) atoms. The zero-order chi connectivity index (χ0) is 14.4. The van der Waals surface area contributed by atoms with Crippen LogP contribution in [0.15, 0.2) is 4.52 Å². The van der Waals surface area contributed by atoms with Crippen molar-refractivity contribution in [3.05, 3.63) is 11.7 Å². The summed E-state index contributed by atoms with van der Waals surface area (Å²) < 4.78 is 5.38. The van der Waals surface area contributed by atoms with Crippen molar-refractivity contribution in [2.24, 2.45) is 11.7 Å². The molecule has 1 aromatic heterocycles. The van der Waals surface area contributed by atoms with E-state index in [9.17, 15) is 0 Å². The first kappa shape index (κ1) is 15.4. The largest absolute Gasteiger partial charge is 0.339 e. The minimum absolute atomic E-state index is 0.301. The second-order valence-corrected chi connectivity index (χ2v) is 5.79. The summed E-state index contributed by atoms with van der Waals surface area (Å²) in [4.78, 5) is 6.89. The van der Waals surface area contributed by atoms with Gasteiger partial charge in [-0.1, -0.05) is 31.8 Å². The van der Waals surface area contributed by atoms with Crippen molar-refractivity contribution in [3.63, 3.8) is 0 Å². The van der Waals surface area contributed by atoms with Gasteiger partial charge in [0, 0.05) is 25.4 Å². The molecule has 0 radical (unpaired) electrons. The topological polar surface area (TPSA) is 68.2 Å². The number of hydrogen-bond acceptors (Lipinski definition) is 5. The summed E-state index contributed by atoms with van der Waals surface area (Å²) in [5.41, 5.74) is 6.17. The van der Waals surface area contributed by atoms with Crippen LogP contribution >= 0.6 is 0 Å². The molecule has 0 bridgehead atoms. The maximum absolute atomic E-state index is 6.17. The van der Waals surface area contributed by atoms with Crippen molar-refractivity contribution in [2.45, 2.75) is 58.4 Å². The lowest BCUT2D eigenvalue weighted by Gasteiger charge is -2.27. The fraction of sp³-hybridized carbons (Fsp3) is 0.867. The summed E-state index contributed by atoms with van der Waals surface area (Å²) in [6.45, 7) is 7.48. The molecule has 1 heterocycles. The van der Waals surface area contributed by atoms with E-state index in [4.69, 9.17) is 10.3 Å². The molecule has 1 aliphatic carbocycles. The molecule has 0 aromatic carbocycles. The van der Waals surface area contributed by atoms with Crippen LogP contribution in [-0.2, 0) is 12.8 Å². The molecule has 2 atom stereocenters. The number of likely N-dealkylation sites (N-methyl/N-ethyl adjacent to an activating group) is 1. The summed E-state index contributed by atoms with van der Waals surface area (Å²) in [5, 5.41) is 4.09. The highest BCUT2D eigenvalue weighted by Gasteiger charge is 2.24. The Labute approximate surface area is 121 Å². The molecule has 2 unspecified atom stereocenters. The molecule has 1 aliphatic rings. The second kappa shape index (κ2) is 7.74. The summed E-state index contributed by atoms with van der Waals surface area (Å²) >= 11 is 0. The molecule has 2 rings (SSSR count). The smallest absolute Gasteiger partial charge is 0.226 e. The molecule has 0 saturated heterocycles. The van der Waals surface area contributed by atoms with Crippen LogP contribution in [0.3, 0.4) is 0 Å². The van der Waals surface area contributed by atoms with Gasteiger partial charge in [0.15, 0.2) is 5.82 Å². The van der Waals surface area contributed by atoms with E-state index in [-0.39, 0.29) is 0 Å². The highest BCUT2D eigenvalue weighted by Crippen LogP contribution is 2.25. The standard InChI is InChI=1S/C15H28N4O/c1-3-19(4-2)10-9-14-17-15(20-18-14)11-12-7-5-6-8-13(12)16/h12-13H,3-11,16H2,1-2H3. The second-order valence-electron chi connectivity index (χ2n) is 5.79. The predicted molar refractivity (Wildman–Crippen MR) is 79.4 cm³/mol. The van der Waals surface area contributed by atoms with Gasteiger partial charge in [-0.25, -0.2) is 0 Å². The van der Waals surface area contributed by atoms with E-state index in [1.165, 1.54) is 19.3 Å². The van der Waals surface area contributed by atoms with Gasteiger partial charge in [-0.2, -0.15) is 4.98 Å². The Morgan fingerprint density at radius 3 is 2.70 bits per heavy atom. The van der Waals surface area contributed by atoms with E-state index in [2.05, 4.69) is 28.9 Å². The maximum Gasteiger partial charge on any atom is 0.226 e. The summed E-state index contributed by atoms with van der Waals surface area (Å²) in [6, 6.07) is 0.301. The lowest BCUT2D eigenvalue weighted by molar-refractivity contribution is 0.272. The Morgan fingerprint density at radius 2 is 2.00 bits per heavy atom. The highest BCUT2D eigenvalue weighted by atomic mass is 16.5. The normalized spacial score (nSPS) is 23.4. The van der Waals surface area contributed by atoms with E-state index < -0.39 is 0 Å². The number of hydrogen-bond donors (Lipinski definition) is 1. The summed E-state index contributed by atoms with van der Waals surface area (Å²) in [6.07, 6.45) is 6.57. The van der Waals surface area contributed by atoms with E-state index >= 15 is 0 Å². The van der Waals surface area contributed by atoms with Gasteiger partial charge in [-0.3, -0.25) is 0 Å². The number of nitrogens with zero attached hydrogens (tertiary/aromatic N) is 3. The van der Waals surface area contributed by atoms with Crippen molar-refractivity contribution in [1.29, 1.82) is 0 Å². The third kappa shape index (κ3) is 4.28. The molecular weight excluding hydrogens is 252 g/mol. The Hall–Kier alpha value is -0.940. The average molecular weight is 280 g/mol. The minimum Gasteiger partial charge on any atom is -0.339 e.